The van der Waals surface area contributed by atoms with Gasteiger partial charge in [0.1, 0.15) is 11.5 Å². The van der Waals surface area contributed by atoms with Crippen LogP contribution in [0.2, 0.25) is 0 Å². The van der Waals surface area contributed by atoms with Crippen molar-refractivity contribution in [3.63, 3.8) is 0 Å². The van der Waals surface area contributed by atoms with E-state index in [4.69, 9.17) is 4.74 Å². The first-order valence-corrected chi connectivity index (χ1v) is 8.20. The monoisotopic (exact) mass is 305 g/mol. The SMILES string of the molecule is CCCC(NC(C)c1cc(OC)ccc1O)c1cccs1. The van der Waals surface area contributed by atoms with Crippen molar-refractivity contribution in [1.29, 1.82) is 0 Å². The van der Waals surface area contributed by atoms with Gasteiger partial charge in [-0.05, 0) is 43.0 Å². The molecule has 0 saturated heterocycles. The number of hydrogen-bond acceptors (Lipinski definition) is 4. The van der Waals surface area contributed by atoms with Crippen molar-refractivity contribution in [3.8, 4) is 11.5 Å². The quantitative estimate of drug-likeness (QED) is 0.782. The lowest BCUT2D eigenvalue weighted by atomic mass is 10.0. The van der Waals surface area contributed by atoms with Gasteiger partial charge in [0.15, 0.2) is 0 Å². The second-order valence-corrected chi connectivity index (χ2v) is 6.15. The van der Waals surface area contributed by atoms with Crippen LogP contribution in [0.25, 0.3) is 0 Å². The van der Waals surface area contributed by atoms with Gasteiger partial charge in [-0.15, -0.1) is 11.3 Å². The van der Waals surface area contributed by atoms with Crippen LogP contribution in [0.4, 0.5) is 0 Å². The number of phenolic OH excluding ortho intramolecular Hbond substituents is 1. The summed E-state index contributed by atoms with van der Waals surface area (Å²) in [5.41, 5.74) is 0.868. The van der Waals surface area contributed by atoms with Crippen LogP contribution in [-0.4, -0.2) is 12.2 Å². The van der Waals surface area contributed by atoms with E-state index in [0.29, 0.717) is 11.8 Å². The fourth-order valence-electron chi connectivity index (χ4n) is 2.48. The van der Waals surface area contributed by atoms with Crippen molar-refractivity contribution in [2.75, 3.05) is 7.11 Å². The van der Waals surface area contributed by atoms with Crippen LogP contribution in [0, 0.1) is 0 Å². The smallest absolute Gasteiger partial charge is 0.120 e. The van der Waals surface area contributed by atoms with Crippen LogP contribution in [0.15, 0.2) is 35.7 Å². The largest absolute Gasteiger partial charge is 0.508 e. The van der Waals surface area contributed by atoms with Crippen molar-refractivity contribution >= 4 is 11.3 Å². The predicted octanol–water partition coefficient (Wildman–Crippen LogP) is 4.65. The lowest BCUT2D eigenvalue weighted by molar-refractivity contribution is 0.399. The Morgan fingerprint density at radius 3 is 2.76 bits per heavy atom. The third kappa shape index (κ3) is 3.99. The molecule has 21 heavy (non-hydrogen) atoms. The van der Waals surface area contributed by atoms with Gasteiger partial charge in [-0.3, -0.25) is 0 Å². The number of hydrogen-bond donors (Lipinski definition) is 2. The van der Waals surface area contributed by atoms with Crippen LogP contribution in [0.1, 0.15) is 49.2 Å². The highest BCUT2D eigenvalue weighted by Crippen LogP contribution is 2.32. The minimum absolute atomic E-state index is 0.0544. The molecule has 1 aromatic carbocycles. The van der Waals surface area contributed by atoms with E-state index >= 15 is 0 Å². The first-order chi connectivity index (χ1) is 10.2. The summed E-state index contributed by atoms with van der Waals surface area (Å²) in [7, 11) is 1.64. The summed E-state index contributed by atoms with van der Waals surface area (Å²) in [6.07, 6.45) is 2.20. The average molecular weight is 305 g/mol. The third-order valence-corrected chi connectivity index (χ3v) is 4.60. The standard InChI is InChI=1S/C17H23NO2S/c1-4-6-15(17-7-5-10-21-17)18-12(2)14-11-13(20-3)8-9-16(14)19/h5,7-12,15,18-19H,4,6H2,1-3H3. The zero-order chi connectivity index (χ0) is 15.2. The highest BCUT2D eigenvalue weighted by atomic mass is 32.1. The van der Waals surface area contributed by atoms with Gasteiger partial charge in [0.25, 0.3) is 0 Å². The molecule has 0 amide bonds. The van der Waals surface area contributed by atoms with Gasteiger partial charge in [-0.25, -0.2) is 0 Å². The molecule has 2 aromatic rings. The fraction of sp³-hybridized carbons (Fsp3) is 0.412. The lowest BCUT2D eigenvalue weighted by Gasteiger charge is -2.23. The molecular weight excluding hydrogens is 282 g/mol. The molecule has 0 bridgehead atoms. The molecular formula is C17H23NO2S. The molecule has 2 atom stereocenters. The van der Waals surface area contributed by atoms with Gasteiger partial charge < -0.3 is 15.2 Å². The van der Waals surface area contributed by atoms with Crippen LogP contribution in [0.3, 0.4) is 0 Å². The summed E-state index contributed by atoms with van der Waals surface area (Å²) < 4.78 is 5.25. The number of rotatable bonds is 7. The maximum Gasteiger partial charge on any atom is 0.120 e. The lowest BCUT2D eigenvalue weighted by Crippen LogP contribution is -2.24. The minimum atomic E-state index is 0.0544. The van der Waals surface area contributed by atoms with Gasteiger partial charge in [-0.2, -0.15) is 0 Å². The molecule has 0 saturated carbocycles. The second kappa shape index (κ2) is 7.48. The van der Waals surface area contributed by atoms with E-state index in [-0.39, 0.29) is 6.04 Å². The van der Waals surface area contributed by atoms with E-state index in [0.717, 1.165) is 24.2 Å². The molecule has 3 nitrogen and oxygen atoms in total. The Morgan fingerprint density at radius 1 is 1.33 bits per heavy atom. The number of nitrogens with one attached hydrogen (secondary N) is 1. The first kappa shape index (κ1) is 15.9. The highest BCUT2D eigenvalue weighted by molar-refractivity contribution is 7.10. The molecule has 0 radical (unpaired) electrons. The maximum absolute atomic E-state index is 10.1. The molecule has 0 spiro atoms. The van der Waals surface area contributed by atoms with Crippen LogP contribution in [0.5, 0.6) is 11.5 Å². The number of phenols is 1. The van der Waals surface area contributed by atoms with Crippen LogP contribution >= 0.6 is 11.3 Å². The Bertz CT molecular complexity index is 554. The van der Waals surface area contributed by atoms with Crippen molar-refractivity contribution < 1.29 is 9.84 Å². The Labute approximate surface area is 130 Å². The summed E-state index contributed by atoms with van der Waals surface area (Å²) in [4.78, 5) is 1.34. The van der Waals surface area contributed by atoms with Gasteiger partial charge in [-0.1, -0.05) is 19.4 Å². The van der Waals surface area contributed by atoms with Gasteiger partial charge in [0.2, 0.25) is 0 Å². The Kier molecular flexibility index (Phi) is 5.65. The Hall–Kier alpha value is -1.52. The average Bonchev–Trinajstić information content (AvgIpc) is 3.01. The predicted molar refractivity (Wildman–Crippen MR) is 88.2 cm³/mol. The molecule has 0 fully saturated rings. The Balaban J connectivity index is 2.17. The minimum Gasteiger partial charge on any atom is -0.508 e. The van der Waals surface area contributed by atoms with Crippen molar-refractivity contribution in [3.05, 3.63) is 46.2 Å². The molecule has 2 unspecified atom stereocenters. The summed E-state index contributed by atoms with van der Waals surface area (Å²) in [5, 5.41) is 15.8. The maximum atomic E-state index is 10.1. The summed E-state index contributed by atoms with van der Waals surface area (Å²) >= 11 is 1.77. The van der Waals surface area contributed by atoms with Crippen molar-refractivity contribution in [2.45, 2.75) is 38.8 Å². The molecule has 0 aliphatic rings. The van der Waals surface area contributed by atoms with Crippen LogP contribution < -0.4 is 10.1 Å². The molecule has 4 heteroatoms. The van der Waals surface area contributed by atoms with Crippen LogP contribution in [-0.2, 0) is 0 Å². The molecule has 114 valence electrons. The number of ether oxygens (including phenoxy) is 1. The Morgan fingerprint density at radius 2 is 2.14 bits per heavy atom. The molecule has 1 aromatic heterocycles. The van der Waals surface area contributed by atoms with E-state index in [2.05, 4.69) is 36.7 Å². The molecule has 2 N–H and O–H groups in total. The summed E-state index contributed by atoms with van der Waals surface area (Å²) in [6.45, 7) is 4.26. The molecule has 0 aliphatic carbocycles. The summed E-state index contributed by atoms with van der Waals surface area (Å²) in [6, 6.07) is 9.97. The van der Waals surface area contributed by atoms with E-state index in [1.54, 1.807) is 30.6 Å². The number of aromatic hydroxyl groups is 1. The zero-order valence-corrected chi connectivity index (χ0v) is 13.6. The third-order valence-electron chi connectivity index (χ3n) is 3.62. The first-order valence-electron chi connectivity index (χ1n) is 7.32. The zero-order valence-electron chi connectivity index (χ0n) is 12.8. The number of methoxy groups -OCH3 is 1. The van der Waals surface area contributed by atoms with Gasteiger partial charge in [0.05, 0.1) is 7.11 Å². The van der Waals surface area contributed by atoms with Crippen molar-refractivity contribution in [2.24, 2.45) is 0 Å². The summed E-state index contributed by atoms with van der Waals surface area (Å²) in [5.74, 6) is 1.07. The second-order valence-electron chi connectivity index (χ2n) is 5.17. The van der Waals surface area contributed by atoms with E-state index in [1.165, 1.54) is 4.88 Å². The number of benzene rings is 1. The molecule has 0 aliphatic heterocycles. The van der Waals surface area contributed by atoms with E-state index in [9.17, 15) is 5.11 Å². The van der Waals surface area contributed by atoms with Crippen molar-refractivity contribution in [1.82, 2.24) is 5.32 Å². The molecule has 1 heterocycles. The normalized spacial score (nSPS) is 13.9. The van der Waals surface area contributed by atoms with E-state index < -0.39 is 0 Å². The number of thiophene rings is 1. The van der Waals surface area contributed by atoms with Gasteiger partial charge >= 0.3 is 0 Å². The van der Waals surface area contributed by atoms with Gasteiger partial charge in [0, 0.05) is 22.5 Å². The molecule has 2 rings (SSSR count). The highest BCUT2D eigenvalue weighted by Gasteiger charge is 2.18. The topological polar surface area (TPSA) is 41.5 Å². The fourth-order valence-corrected chi connectivity index (χ4v) is 3.31. The van der Waals surface area contributed by atoms with E-state index in [1.807, 2.05) is 6.07 Å².